The van der Waals surface area contributed by atoms with Gasteiger partial charge in [0.05, 0.1) is 28.7 Å². The number of rotatable bonds is 6. The SMILES string of the molecule is COc1cc(C=C(C#N)c2nc3ccc(C)cc3[nH]2)cc(Cl)c1OCc1ccc(C)cc1. The Balaban J connectivity index is 1.63. The predicted octanol–water partition coefficient (Wildman–Crippen LogP) is 6.48. The number of imidazole rings is 1. The largest absolute Gasteiger partial charge is 0.493 e. The number of aryl methyl sites for hydroxylation is 2. The molecule has 32 heavy (non-hydrogen) atoms. The second-order valence-corrected chi connectivity index (χ2v) is 7.99. The van der Waals surface area contributed by atoms with Gasteiger partial charge in [0.15, 0.2) is 11.5 Å². The van der Waals surface area contributed by atoms with Gasteiger partial charge in [0.2, 0.25) is 0 Å². The first kappa shape index (κ1) is 21.5. The molecule has 3 aromatic carbocycles. The third-order valence-electron chi connectivity index (χ3n) is 5.08. The van der Waals surface area contributed by atoms with Gasteiger partial charge in [-0.1, -0.05) is 47.5 Å². The molecule has 4 rings (SSSR count). The molecule has 0 spiro atoms. The van der Waals surface area contributed by atoms with Crippen molar-refractivity contribution in [3.05, 3.63) is 87.7 Å². The maximum Gasteiger partial charge on any atom is 0.180 e. The van der Waals surface area contributed by atoms with Gasteiger partial charge in [-0.3, -0.25) is 0 Å². The summed E-state index contributed by atoms with van der Waals surface area (Å²) in [4.78, 5) is 7.75. The molecular formula is C26H22ClN3O2. The molecule has 0 aliphatic heterocycles. The van der Waals surface area contributed by atoms with Gasteiger partial charge in [-0.25, -0.2) is 4.98 Å². The van der Waals surface area contributed by atoms with Crippen LogP contribution >= 0.6 is 11.6 Å². The molecule has 5 nitrogen and oxygen atoms in total. The molecule has 0 bridgehead atoms. The number of nitrogens with zero attached hydrogens (tertiary/aromatic N) is 2. The van der Waals surface area contributed by atoms with Gasteiger partial charge < -0.3 is 14.5 Å². The summed E-state index contributed by atoms with van der Waals surface area (Å²) < 4.78 is 11.5. The van der Waals surface area contributed by atoms with Crippen molar-refractivity contribution in [2.75, 3.05) is 7.11 Å². The lowest BCUT2D eigenvalue weighted by Crippen LogP contribution is -1.99. The molecule has 0 unspecified atom stereocenters. The van der Waals surface area contributed by atoms with Crippen molar-refractivity contribution in [1.29, 1.82) is 5.26 Å². The Hall–Kier alpha value is -3.75. The predicted molar refractivity (Wildman–Crippen MR) is 128 cm³/mol. The van der Waals surface area contributed by atoms with E-state index >= 15 is 0 Å². The highest BCUT2D eigenvalue weighted by Gasteiger charge is 2.14. The first-order valence-electron chi connectivity index (χ1n) is 10.1. The molecule has 160 valence electrons. The number of methoxy groups -OCH3 is 1. The van der Waals surface area contributed by atoms with Crippen molar-refractivity contribution in [1.82, 2.24) is 9.97 Å². The summed E-state index contributed by atoms with van der Waals surface area (Å²) in [5.74, 6) is 1.46. The Morgan fingerprint density at radius 3 is 2.56 bits per heavy atom. The highest BCUT2D eigenvalue weighted by atomic mass is 35.5. The van der Waals surface area contributed by atoms with Gasteiger partial charge >= 0.3 is 0 Å². The zero-order valence-electron chi connectivity index (χ0n) is 18.1. The number of hydrogen-bond donors (Lipinski definition) is 1. The molecule has 0 aliphatic carbocycles. The molecule has 1 N–H and O–H groups in total. The standard InChI is InChI=1S/C26H22ClN3O2/c1-16-4-7-18(8-5-16)15-32-25-21(27)12-19(13-24(25)31-3)11-20(14-28)26-29-22-9-6-17(2)10-23(22)30-26/h4-13H,15H2,1-3H3,(H,29,30). The van der Waals surface area contributed by atoms with E-state index in [2.05, 4.69) is 16.0 Å². The molecular weight excluding hydrogens is 422 g/mol. The Morgan fingerprint density at radius 1 is 1.09 bits per heavy atom. The lowest BCUT2D eigenvalue weighted by atomic mass is 10.1. The number of ether oxygens (including phenoxy) is 2. The molecule has 0 radical (unpaired) electrons. The number of nitrogens with one attached hydrogen (secondary N) is 1. The van der Waals surface area contributed by atoms with E-state index < -0.39 is 0 Å². The van der Waals surface area contributed by atoms with E-state index in [-0.39, 0.29) is 0 Å². The summed E-state index contributed by atoms with van der Waals surface area (Å²) in [6.45, 7) is 4.42. The van der Waals surface area contributed by atoms with Crippen LogP contribution in [0.3, 0.4) is 0 Å². The number of allylic oxidation sites excluding steroid dienone is 1. The van der Waals surface area contributed by atoms with Gasteiger partial charge in [-0.15, -0.1) is 0 Å². The Morgan fingerprint density at radius 2 is 1.84 bits per heavy atom. The highest BCUT2D eigenvalue weighted by Crippen LogP contribution is 2.38. The van der Waals surface area contributed by atoms with Crippen LogP contribution in [0.1, 0.15) is 28.1 Å². The maximum absolute atomic E-state index is 9.73. The minimum atomic E-state index is 0.368. The van der Waals surface area contributed by atoms with E-state index in [1.165, 1.54) is 5.56 Å². The van der Waals surface area contributed by atoms with E-state index in [4.69, 9.17) is 21.1 Å². The van der Waals surface area contributed by atoms with Crippen LogP contribution in [0, 0.1) is 25.2 Å². The second-order valence-electron chi connectivity index (χ2n) is 7.58. The first-order valence-corrected chi connectivity index (χ1v) is 10.5. The zero-order chi connectivity index (χ0) is 22.7. The summed E-state index contributed by atoms with van der Waals surface area (Å²) in [6, 6.07) is 19.8. The fourth-order valence-electron chi connectivity index (χ4n) is 3.37. The van der Waals surface area contributed by atoms with Gasteiger partial charge in [0.1, 0.15) is 18.5 Å². The molecule has 0 amide bonds. The molecule has 0 aliphatic rings. The van der Waals surface area contributed by atoms with E-state index in [9.17, 15) is 5.26 Å². The Bertz CT molecular complexity index is 1350. The number of nitriles is 1. The minimum absolute atomic E-state index is 0.368. The number of H-pyrrole nitrogens is 1. The van der Waals surface area contributed by atoms with Crippen LogP contribution in [0.15, 0.2) is 54.6 Å². The summed E-state index contributed by atoms with van der Waals surface area (Å²) in [5.41, 5.74) is 6.14. The third-order valence-corrected chi connectivity index (χ3v) is 5.36. The van der Waals surface area contributed by atoms with Crippen LogP contribution < -0.4 is 9.47 Å². The number of aromatic nitrogens is 2. The summed E-state index contributed by atoms with van der Waals surface area (Å²) >= 11 is 6.52. The molecule has 4 aromatic rings. The van der Waals surface area contributed by atoms with Crippen LogP contribution in [-0.2, 0) is 6.61 Å². The van der Waals surface area contributed by atoms with Crippen molar-refractivity contribution in [2.45, 2.75) is 20.5 Å². The lowest BCUT2D eigenvalue weighted by Gasteiger charge is -2.13. The topological polar surface area (TPSA) is 70.9 Å². The number of aromatic amines is 1. The van der Waals surface area contributed by atoms with Gasteiger partial charge in [-0.05, 0) is 60.9 Å². The summed E-state index contributed by atoms with van der Waals surface area (Å²) in [7, 11) is 1.56. The van der Waals surface area contributed by atoms with E-state index in [0.29, 0.717) is 40.1 Å². The number of benzene rings is 3. The maximum atomic E-state index is 9.73. The van der Waals surface area contributed by atoms with Crippen LogP contribution in [0.4, 0.5) is 0 Å². The van der Waals surface area contributed by atoms with E-state index in [1.54, 1.807) is 25.3 Å². The van der Waals surface area contributed by atoms with Crippen molar-refractivity contribution < 1.29 is 9.47 Å². The van der Waals surface area contributed by atoms with Crippen molar-refractivity contribution in [3.63, 3.8) is 0 Å². The quantitative estimate of drug-likeness (QED) is 0.346. The smallest absolute Gasteiger partial charge is 0.180 e. The molecule has 0 saturated heterocycles. The molecule has 0 fully saturated rings. The number of halogens is 1. The molecule has 6 heteroatoms. The fourth-order valence-corrected chi connectivity index (χ4v) is 3.65. The zero-order valence-corrected chi connectivity index (χ0v) is 18.8. The minimum Gasteiger partial charge on any atom is -0.493 e. The van der Waals surface area contributed by atoms with Crippen LogP contribution in [-0.4, -0.2) is 17.1 Å². The number of hydrogen-bond acceptors (Lipinski definition) is 4. The highest BCUT2D eigenvalue weighted by molar-refractivity contribution is 6.32. The van der Waals surface area contributed by atoms with E-state index in [1.807, 2.05) is 56.3 Å². The fraction of sp³-hybridized carbons (Fsp3) is 0.154. The second kappa shape index (κ2) is 9.17. The average molecular weight is 444 g/mol. The van der Waals surface area contributed by atoms with Crippen molar-refractivity contribution in [3.8, 4) is 17.6 Å². The lowest BCUT2D eigenvalue weighted by molar-refractivity contribution is 0.284. The molecule has 1 aromatic heterocycles. The Kier molecular flexibility index (Phi) is 6.16. The number of fused-ring (bicyclic) bond motifs is 1. The van der Waals surface area contributed by atoms with Crippen LogP contribution in [0.5, 0.6) is 11.5 Å². The van der Waals surface area contributed by atoms with Crippen LogP contribution in [0.25, 0.3) is 22.7 Å². The van der Waals surface area contributed by atoms with E-state index in [0.717, 1.165) is 22.2 Å². The van der Waals surface area contributed by atoms with Gasteiger partial charge in [-0.2, -0.15) is 5.26 Å². The van der Waals surface area contributed by atoms with Crippen molar-refractivity contribution >= 4 is 34.3 Å². The van der Waals surface area contributed by atoms with Crippen molar-refractivity contribution in [2.24, 2.45) is 0 Å². The molecule has 1 heterocycles. The monoisotopic (exact) mass is 443 g/mol. The van der Waals surface area contributed by atoms with Gasteiger partial charge in [0.25, 0.3) is 0 Å². The third kappa shape index (κ3) is 4.61. The molecule has 0 atom stereocenters. The molecule has 0 saturated carbocycles. The first-order chi connectivity index (χ1) is 15.5. The normalized spacial score (nSPS) is 11.4. The van der Waals surface area contributed by atoms with Crippen LogP contribution in [0.2, 0.25) is 5.02 Å². The average Bonchev–Trinajstić information content (AvgIpc) is 3.20. The summed E-state index contributed by atoms with van der Waals surface area (Å²) in [6.07, 6.45) is 1.72. The van der Waals surface area contributed by atoms with Gasteiger partial charge in [0, 0.05) is 0 Å². The Labute approximate surface area is 191 Å². The summed E-state index contributed by atoms with van der Waals surface area (Å²) in [5, 5.41) is 10.1.